The lowest BCUT2D eigenvalue weighted by molar-refractivity contribution is -0.137. The van der Waals surface area contributed by atoms with E-state index in [9.17, 15) is 14.3 Å². The van der Waals surface area contributed by atoms with Gasteiger partial charge in [-0.1, -0.05) is 6.07 Å². The van der Waals surface area contributed by atoms with Gasteiger partial charge in [0.15, 0.2) is 17.6 Å². The van der Waals surface area contributed by atoms with Crippen molar-refractivity contribution in [2.45, 2.75) is 6.04 Å². The molecule has 0 aliphatic carbocycles. The van der Waals surface area contributed by atoms with Crippen LogP contribution in [0.1, 0.15) is 5.56 Å². The van der Waals surface area contributed by atoms with Crippen LogP contribution < -0.4 is 0 Å². The van der Waals surface area contributed by atoms with Crippen LogP contribution in [0, 0.1) is 5.82 Å². The van der Waals surface area contributed by atoms with Gasteiger partial charge in [-0.3, -0.25) is 4.99 Å². The number of para-hydroxylation sites is 1. The molecule has 4 nitrogen and oxygen atoms in total. The smallest absolute Gasteiger partial charge is 0.329 e. The molecule has 1 aromatic rings. The third-order valence-electron chi connectivity index (χ3n) is 2.15. The first-order valence-corrected chi connectivity index (χ1v) is 5.49. The molecule has 16 heavy (non-hydrogen) atoms. The fourth-order valence-electron chi connectivity index (χ4n) is 1.34. The van der Waals surface area contributed by atoms with Crippen LogP contribution >= 0.6 is 11.8 Å². The van der Waals surface area contributed by atoms with E-state index in [1.54, 1.807) is 0 Å². The Morgan fingerprint density at radius 3 is 2.94 bits per heavy atom. The second-order valence-electron chi connectivity index (χ2n) is 3.24. The molecule has 0 aromatic heterocycles. The number of rotatable bonds is 2. The van der Waals surface area contributed by atoms with Crippen LogP contribution in [0.25, 0.3) is 0 Å². The number of carboxylic acid groups (broad SMARTS) is 1. The lowest BCUT2D eigenvalue weighted by Gasteiger charge is -2.03. The third-order valence-corrected chi connectivity index (χ3v) is 3.23. The minimum Gasteiger partial charge on any atom is -0.504 e. The molecule has 1 heterocycles. The Bertz CT molecular complexity index is 475. The van der Waals surface area contributed by atoms with E-state index >= 15 is 0 Å². The minimum absolute atomic E-state index is 0.244. The number of nitrogens with zero attached hydrogens (tertiary/aromatic N) is 1. The Morgan fingerprint density at radius 1 is 1.56 bits per heavy atom. The van der Waals surface area contributed by atoms with Crippen molar-refractivity contribution in [2.75, 3.05) is 5.75 Å². The van der Waals surface area contributed by atoms with Gasteiger partial charge in [-0.15, -0.1) is 11.8 Å². The molecule has 0 saturated carbocycles. The number of phenolic OH excluding ortho intramolecular Hbond substituents is 1. The van der Waals surface area contributed by atoms with Crippen LogP contribution in [0.5, 0.6) is 5.75 Å². The molecule has 1 aliphatic rings. The molecule has 0 radical (unpaired) electrons. The second kappa shape index (κ2) is 4.13. The van der Waals surface area contributed by atoms with Crippen molar-refractivity contribution in [3.63, 3.8) is 0 Å². The highest BCUT2D eigenvalue weighted by molar-refractivity contribution is 8.14. The molecule has 0 saturated heterocycles. The van der Waals surface area contributed by atoms with Crippen LogP contribution in [-0.2, 0) is 4.79 Å². The first kappa shape index (κ1) is 10.9. The van der Waals surface area contributed by atoms with E-state index in [0.717, 1.165) is 6.07 Å². The van der Waals surface area contributed by atoms with Gasteiger partial charge in [0.2, 0.25) is 0 Å². The van der Waals surface area contributed by atoms with Gasteiger partial charge in [0.25, 0.3) is 0 Å². The molecular weight excluding hydrogens is 233 g/mol. The standard InChI is InChI=1S/C10H8FNO3S/c11-6-3-1-2-5(8(6)13)9-12-7(4-16-9)10(14)15/h1-3,7,13H,4H2,(H,14,15). The summed E-state index contributed by atoms with van der Waals surface area (Å²) in [7, 11) is 0. The highest BCUT2D eigenvalue weighted by Crippen LogP contribution is 2.30. The Kier molecular flexibility index (Phi) is 2.82. The van der Waals surface area contributed by atoms with E-state index in [1.807, 2.05) is 0 Å². The van der Waals surface area contributed by atoms with Crippen molar-refractivity contribution in [3.8, 4) is 5.75 Å². The van der Waals surface area contributed by atoms with Gasteiger partial charge in [0.1, 0.15) is 5.04 Å². The molecule has 6 heteroatoms. The second-order valence-corrected chi connectivity index (χ2v) is 4.24. The number of aromatic hydroxyl groups is 1. The average Bonchev–Trinajstić information content (AvgIpc) is 2.71. The molecule has 0 amide bonds. The summed E-state index contributed by atoms with van der Waals surface area (Å²) in [5, 5.41) is 18.6. The Labute approximate surface area is 94.8 Å². The number of carbonyl (C=O) groups is 1. The maximum Gasteiger partial charge on any atom is 0.329 e. The third kappa shape index (κ3) is 1.88. The summed E-state index contributed by atoms with van der Waals surface area (Å²) >= 11 is 1.20. The highest BCUT2D eigenvalue weighted by Gasteiger charge is 2.26. The Balaban J connectivity index is 2.36. The Morgan fingerprint density at radius 2 is 2.31 bits per heavy atom. The lowest BCUT2D eigenvalue weighted by atomic mass is 10.2. The van der Waals surface area contributed by atoms with E-state index < -0.39 is 23.6 Å². The van der Waals surface area contributed by atoms with Crippen LogP contribution in [-0.4, -0.2) is 33.0 Å². The summed E-state index contributed by atoms with van der Waals surface area (Å²) in [5.41, 5.74) is 0.244. The van der Waals surface area contributed by atoms with Crippen LogP contribution in [0.2, 0.25) is 0 Å². The SMILES string of the molecule is O=C(O)C1CSC(c2cccc(F)c2O)=N1. The van der Waals surface area contributed by atoms with Crippen LogP contribution in [0.4, 0.5) is 4.39 Å². The zero-order chi connectivity index (χ0) is 11.7. The van der Waals surface area contributed by atoms with Gasteiger partial charge in [-0.05, 0) is 12.1 Å². The minimum atomic E-state index is -1.02. The summed E-state index contributed by atoms with van der Waals surface area (Å²) < 4.78 is 13.1. The molecule has 0 fully saturated rings. The maximum absolute atomic E-state index is 13.1. The lowest BCUT2D eigenvalue weighted by Crippen LogP contribution is -2.17. The quantitative estimate of drug-likeness (QED) is 0.822. The first-order chi connectivity index (χ1) is 7.59. The molecule has 1 unspecified atom stereocenters. The number of carboxylic acids is 1. The average molecular weight is 241 g/mol. The van der Waals surface area contributed by atoms with Gasteiger partial charge in [0, 0.05) is 5.75 Å². The van der Waals surface area contributed by atoms with Gasteiger partial charge in [-0.25, -0.2) is 9.18 Å². The first-order valence-electron chi connectivity index (χ1n) is 4.51. The normalized spacial score (nSPS) is 19.6. The van der Waals surface area contributed by atoms with Crippen LogP contribution in [0.15, 0.2) is 23.2 Å². The van der Waals surface area contributed by atoms with E-state index in [0.29, 0.717) is 10.8 Å². The summed E-state index contributed by atoms with van der Waals surface area (Å²) in [6.07, 6.45) is 0. The number of aliphatic carboxylic acids is 1. The van der Waals surface area contributed by atoms with Crippen molar-refractivity contribution in [3.05, 3.63) is 29.6 Å². The maximum atomic E-state index is 13.1. The van der Waals surface area contributed by atoms with Crippen LogP contribution in [0.3, 0.4) is 0 Å². The predicted molar refractivity (Wildman–Crippen MR) is 58.5 cm³/mol. The number of benzene rings is 1. The summed E-state index contributed by atoms with van der Waals surface area (Å²) in [6, 6.07) is 3.27. The fraction of sp³-hybridized carbons (Fsp3) is 0.200. The number of phenols is 1. The molecule has 0 spiro atoms. The molecule has 0 bridgehead atoms. The highest BCUT2D eigenvalue weighted by atomic mass is 32.2. The molecule has 2 rings (SSSR count). The number of thioether (sulfide) groups is 1. The molecule has 1 aromatic carbocycles. The van der Waals surface area contributed by atoms with Gasteiger partial charge >= 0.3 is 5.97 Å². The zero-order valence-corrected chi connectivity index (χ0v) is 8.87. The summed E-state index contributed by atoms with van der Waals surface area (Å²) in [5.74, 6) is -1.93. The molecular formula is C10H8FNO3S. The van der Waals surface area contributed by atoms with Crippen molar-refractivity contribution >= 4 is 22.8 Å². The van der Waals surface area contributed by atoms with Gasteiger partial charge in [-0.2, -0.15) is 0 Å². The van der Waals surface area contributed by atoms with Gasteiger partial charge in [0.05, 0.1) is 5.56 Å². The topological polar surface area (TPSA) is 69.9 Å². The number of hydrogen-bond donors (Lipinski definition) is 2. The number of hydrogen-bond acceptors (Lipinski definition) is 4. The Hall–Kier alpha value is -1.56. The predicted octanol–water partition coefficient (Wildman–Crippen LogP) is 1.48. The molecule has 2 N–H and O–H groups in total. The van der Waals surface area contributed by atoms with E-state index in [4.69, 9.17) is 5.11 Å². The molecule has 1 aliphatic heterocycles. The summed E-state index contributed by atoms with van der Waals surface area (Å²) in [4.78, 5) is 14.6. The number of aliphatic imine (C=N–C) groups is 1. The van der Waals surface area contributed by atoms with E-state index in [1.165, 1.54) is 23.9 Å². The monoisotopic (exact) mass is 241 g/mol. The van der Waals surface area contributed by atoms with Crippen molar-refractivity contribution < 1.29 is 19.4 Å². The van der Waals surface area contributed by atoms with Crippen molar-refractivity contribution in [1.82, 2.24) is 0 Å². The fourth-order valence-corrected chi connectivity index (χ4v) is 2.39. The van der Waals surface area contributed by atoms with Crippen molar-refractivity contribution in [2.24, 2.45) is 4.99 Å². The van der Waals surface area contributed by atoms with E-state index in [-0.39, 0.29) is 5.56 Å². The molecule has 1 atom stereocenters. The number of halogens is 1. The zero-order valence-electron chi connectivity index (χ0n) is 8.05. The molecule has 84 valence electrons. The van der Waals surface area contributed by atoms with Crippen molar-refractivity contribution in [1.29, 1.82) is 0 Å². The largest absolute Gasteiger partial charge is 0.504 e. The summed E-state index contributed by atoms with van der Waals surface area (Å²) in [6.45, 7) is 0. The van der Waals surface area contributed by atoms with E-state index in [2.05, 4.69) is 4.99 Å². The van der Waals surface area contributed by atoms with Gasteiger partial charge < -0.3 is 10.2 Å².